The van der Waals surface area contributed by atoms with Crippen LogP contribution in [-0.4, -0.2) is 102 Å². The second-order valence-corrected chi connectivity index (χ2v) is 17.1. The third kappa shape index (κ3) is 10.4. The Balaban J connectivity index is 0.751. The first-order chi connectivity index (χ1) is 29.1. The summed E-state index contributed by atoms with van der Waals surface area (Å²) in [6, 6.07) is 24.8. The molecule has 4 fully saturated rings. The third-order valence-electron chi connectivity index (χ3n) is 12.3. The summed E-state index contributed by atoms with van der Waals surface area (Å²) in [7, 11) is 0. The molecule has 60 heavy (non-hydrogen) atoms. The van der Waals surface area contributed by atoms with Crippen molar-refractivity contribution in [3.8, 4) is 17.0 Å². The number of anilines is 3. The molecular weight excluding hydrogens is 757 g/mol. The molecular formula is C47H58N8O5. The van der Waals surface area contributed by atoms with Gasteiger partial charge in [-0.1, -0.05) is 24.3 Å². The average Bonchev–Trinajstić information content (AvgIpc) is 3.24. The van der Waals surface area contributed by atoms with E-state index < -0.39 is 6.10 Å². The number of hydrogen-bond donors (Lipinski definition) is 3. The number of likely N-dealkylation sites (tertiary alicyclic amines) is 2. The van der Waals surface area contributed by atoms with Gasteiger partial charge in [-0.15, -0.1) is 0 Å². The number of hydrogen-bond acceptors (Lipinski definition) is 10. The van der Waals surface area contributed by atoms with Crippen LogP contribution in [0.1, 0.15) is 75.0 Å². The van der Waals surface area contributed by atoms with Gasteiger partial charge in [-0.2, -0.15) is 0 Å². The number of piperidine rings is 3. The summed E-state index contributed by atoms with van der Waals surface area (Å²) < 4.78 is 11.6. The topological polar surface area (TPSA) is 141 Å². The second kappa shape index (κ2) is 18.8. The molecule has 1 aromatic heterocycles. The van der Waals surface area contributed by atoms with Gasteiger partial charge in [0.2, 0.25) is 11.9 Å². The Kier molecular flexibility index (Phi) is 12.9. The summed E-state index contributed by atoms with van der Waals surface area (Å²) in [6.45, 7) is 13.3. The number of urea groups is 1. The number of ether oxygens (including phenoxy) is 2. The van der Waals surface area contributed by atoms with Gasteiger partial charge in [0.1, 0.15) is 5.75 Å². The zero-order valence-electron chi connectivity index (χ0n) is 35.1. The van der Waals surface area contributed by atoms with E-state index in [-0.39, 0.29) is 30.1 Å². The van der Waals surface area contributed by atoms with E-state index in [1.165, 1.54) is 24.1 Å². The first-order valence-corrected chi connectivity index (χ1v) is 21.7. The van der Waals surface area contributed by atoms with Crippen molar-refractivity contribution in [3.63, 3.8) is 0 Å². The minimum absolute atomic E-state index is 0.0605. The highest BCUT2D eigenvalue weighted by atomic mass is 16.5. The van der Waals surface area contributed by atoms with Gasteiger partial charge in [0.15, 0.2) is 6.10 Å². The highest BCUT2D eigenvalue weighted by molar-refractivity contribution is 5.99. The fourth-order valence-corrected chi connectivity index (χ4v) is 8.83. The first kappa shape index (κ1) is 41.2. The van der Waals surface area contributed by atoms with Crippen LogP contribution in [0.4, 0.5) is 22.1 Å². The lowest BCUT2D eigenvalue weighted by Gasteiger charge is -2.39. The number of benzene rings is 3. The molecule has 316 valence electrons. The van der Waals surface area contributed by atoms with Crippen LogP contribution >= 0.6 is 0 Å². The van der Waals surface area contributed by atoms with Crippen LogP contribution in [0.2, 0.25) is 0 Å². The molecule has 3 aromatic carbocycles. The van der Waals surface area contributed by atoms with Crippen LogP contribution in [0.25, 0.3) is 11.3 Å². The van der Waals surface area contributed by atoms with Crippen LogP contribution in [0.5, 0.6) is 5.75 Å². The third-order valence-corrected chi connectivity index (χ3v) is 12.3. The summed E-state index contributed by atoms with van der Waals surface area (Å²) in [5.41, 5.74) is 7.49. The zero-order chi connectivity index (χ0) is 41.6. The van der Waals surface area contributed by atoms with Gasteiger partial charge in [0.25, 0.3) is 5.91 Å². The van der Waals surface area contributed by atoms with Crippen LogP contribution in [0.15, 0.2) is 79.0 Å². The smallest absolute Gasteiger partial charge is 0.317 e. The molecule has 4 saturated heterocycles. The minimum atomic E-state index is -0.607. The van der Waals surface area contributed by atoms with Crippen LogP contribution in [0, 0.1) is 12.8 Å². The Morgan fingerprint density at radius 2 is 1.65 bits per heavy atom. The Labute approximate surface area is 353 Å². The normalized spacial score (nSPS) is 19.6. The molecule has 3 N–H and O–H groups in total. The molecule has 0 spiro atoms. The number of aromatic nitrogens is 2. The van der Waals surface area contributed by atoms with Gasteiger partial charge in [-0.3, -0.25) is 14.9 Å². The van der Waals surface area contributed by atoms with E-state index in [2.05, 4.69) is 86.2 Å². The van der Waals surface area contributed by atoms with E-state index in [0.29, 0.717) is 56.0 Å². The molecule has 0 aliphatic carbocycles. The number of nitrogens with one attached hydrogen (secondary N) is 3. The number of aryl methyl sites for hydroxylation is 1. The van der Waals surface area contributed by atoms with Crippen molar-refractivity contribution in [1.82, 2.24) is 30.4 Å². The van der Waals surface area contributed by atoms with E-state index in [1.807, 2.05) is 38.1 Å². The Hall–Kier alpha value is -5.53. The summed E-state index contributed by atoms with van der Waals surface area (Å²) in [4.78, 5) is 52.3. The molecule has 1 unspecified atom stereocenters. The van der Waals surface area contributed by atoms with Gasteiger partial charge in [-0.05, 0) is 137 Å². The van der Waals surface area contributed by atoms with Gasteiger partial charge in [0.05, 0.1) is 31.0 Å². The van der Waals surface area contributed by atoms with Crippen molar-refractivity contribution in [2.24, 2.45) is 5.92 Å². The number of carbonyl (C=O) groups excluding carboxylic acids is 3. The molecule has 0 saturated carbocycles. The lowest BCUT2D eigenvalue weighted by Crippen LogP contribution is -2.58. The molecule has 13 nitrogen and oxygen atoms in total. The molecule has 13 heteroatoms. The fourth-order valence-electron chi connectivity index (χ4n) is 8.83. The quantitative estimate of drug-likeness (QED) is 0.124. The predicted octanol–water partition coefficient (Wildman–Crippen LogP) is 6.79. The fraction of sp³-hybridized carbons (Fsp3) is 0.468. The molecule has 0 radical (unpaired) electrons. The summed E-state index contributed by atoms with van der Waals surface area (Å²) in [6.07, 6.45) is 6.87. The lowest BCUT2D eigenvalue weighted by molar-refractivity contribution is -0.138. The number of imide groups is 1. The van der Waals surface area contributed by atoms with Crippen molar-refractivity contribution in [3.05, 3.63) is 95.7 Å². The molecule has 4 aliphatic heterocycles. The molecule has 0 bridgehead atoms. The maximum Gasteiger partial charge on any atom is 0.317 e. The zero-order valence-corrected chi connectivity index (χ0v) is 35.1. The standard InChI is InChI=1S/C47H58N8O5/c1-31(2)59-41-29-55(30-41)47(58)49-27-37-5-4-36(26-32(37)3)42-16-21-48-46(51-42)50-38-8-10-39(11-9-38)54-24-17-33(18-25-54)28-53-22-19-35(20-23-53)34-6-12-40(13-7-34)60-43-14-15-44(56)52-45(43)57/h4-13,16,21,26,31,33,35,41,43H,14-15,17-20,22-25,27-30H2,1-3H3,(H,49,58)(H,48,50,51)(H,52,56,57). The molecule has 5 heterocycles. The lowest BCUT2D eigenvalue weighted by atomic mass is 9.88. The molecule has 4 aliphatic rings. The van der Waals surface area contributed by atoms with Crippen LogP contribution < -0.4 is 25.6 Å². The van der Waals surface area contributed by atoms with Crippen molar-refractivity contribution in [2.75, 3.05) is 56.0 Å². The van der Waals surface area contributed by atoms with Gasteiger partial charge < -0.3 is 34.8 Å². The van der Waals surface area contributed by atoms with Crippen molar-refractivity contribution in [1.29, 1.82) is 0 Å². The summed E-state index contributed by atoms with van der Waals surface area (Å²) in [5, 5.41) is 8.79. The predicted molar refractivity (Wildman–Crippen MR) is 232 cm³/mol. The summed E-state index contributed by atoms with van der Waals surface area (Å²) in [5.74, 6) is 1.87. The minimum Gasteiger partial charge on any atom is -0.481 e. The Bertz CT molecular complexity index is 2110. The van der Waals surface area contributed by atoms with Gasteiger partial charge in [-0.25, -0.2) is 14.8 Å². The average molecular weight is 815 g/mol. The van der Waals surface area contributed by atoms with E-state index in [1.54, 1.807) is 11.1 Å². The van der Waals surface area contributed by atoms with Crippen LogP contribution in [-0.2, 0) is 20.9 Å². The Morgan fingerprint density at radius 3 is 2.35 bits per heavy atom. The second-order valence-electron chi connectivity index (χ2n) is 17.1. The molecule has 4 amide bonds. The first-order valence-electron chi connectivity index (χ1n) is 21.7. The highest BCUT2D eigenvalue weighted by Gasteiger charge is 2.32. The SMILES string of the molecule is Cc1cc(-c2ccnc(Nc3ccc(N4CCC(CN5CCC(c6ccc(OC7CCC(=O)NC7=O)cc6)CC5)CC4)cc3)n2)ccc1CNC(=O)N1CC(OC(C)C)C1. The van der Waals surface area contributed by atoms with Gasteiger partial charge >= 0.3 is 6.03 Å². The van der Waals surface area contributed by atoms with E-state index >= 15 is 0 Å². The maximum absolute atomic E-state index is 12.6. The van der Waals surface area contributed by atoms with Crippen LogP contribution in [0.3, 0.4) is 0 Å². The van der Waals surface area contributed by atoms with E-state index in [4.69, 9.17) is 14.5 Å². The molecule has 8 rings (SSSR count). The van der Waals surface area contributed by atoms with Crippen molar-refractivity contribution in [2.45, 2.75) is 90.1 Å². The highest BCUT2D eigenvalue weighted by Crippen LogP contribution is 2.32. The molecule has 1 atom stereocenters. The molecule has 4 aromatic rings. The van der Waals surface area contributed by atoms with E-state index in [9.17, 15) is 14.4 Å². The Morgan fingerprint density at radius 1 is 0.900 bits per heavy atom. The summed E-state index contributed by atoms with van der Waals surface area (Å²) >= 11 is 0. The monoisotopic (exact) mass is 814 g/mol. The number of carbonyl (C=O) groups is 3. The number of rotatable bonds is 13. The van der Waals surface area contributed by atoms with Gasteiger partial charge in [0, 0.05) is 62.2 Å². The van der Waals surface area contributed by atoms with E-state index in [0.717, 1.165) is 73.6 Å². The number of nitrogens with zero attached hydrogens (tertiary/aromatic N) is 5. The largest absolute Gasteiger partial charge is 0.481 e. The maximum atomic E-state index is 12.6. The van der Waals surface area contributed by atoms with Crippen molar-refractivity contribution < 1.29 is 23.9 Å². The van der Waals surface area contributed by atoms with Crippen molar-refractivity contribution >= 4 is 35.2 Å². The number of amides is 4.